The number of methoxy groups -OCH3 is 1. The molecule has 0 radical (unpaired) electrons. The topological polar surface area (TPSA) is 46.9 Å². The minimum Gasteiger partial charge on any atom is -0.491 e. The van der Waals surface area contributed by atoms with Gasteiger partial charge in [0.1, 0.15) is 18.1 Å². The van der Waals surface area contributed by atoms with Gasteiger partial charge in [-0.3, -0.25) is 4.90 Å². The molecule has 1 aromatic carbocycles. The highest BCUT2D eigenvalue weighted by molar-refractivity contribution is 5.28. The van der Waals surface area contributed by atoms with Gasteiger partial charge in [-0.15, -0.1) is 0 Å². The first-order valence-corrected chi connectivity index (χ1v) is 7.82. The summed E-state index contributed by atoms with van der Waals surface area (Å²) in [6.45, 7) is 2.76. The van der Waals surface area contributed by atoms with Crippen LogP contribution in [0.2, 0.25) is 0 Å². The van der Waals surface area contributed by atoms with Crippen LogP contribution in [0.3, 0.4) is 0 Å². The summed E-state index contributed by atoms with van der Waals surface area (Å²) in [7, 11) is 5.78. The summed E-state index contributed by atoms with van der Waals surface area (Å²) in [6.07, 6.45) is 1.71. The van der Waals surface area contributed by atoms with Crippen molar-refractivity contribution in [3.05, 3.63) is 54.0 Å². The van der Waals surface area contributed by atoms with E-state index in [2.05, 4.69) is 36.4 Å². The molecule has 1 aromatic heterocycles. The van der Waals surface area contributed by atoms with Gasteiger partial charge in [-0.05, 0) is 43.9 Å². The molecule has 0 spiro atoms. The SMILES string of the molecule is COCCOc1cccc(CNCC(c2ccco2)N(C)C)c1. The van der Waals surface area contributed by atoms with Gasteiger partial charge in [0.15, 0.2) is 0 Å². The van der Waals surface area contributed by atoms with Crippen LogP contribution in [0, 0.1) is 0 Å². The molecule has 0 bridgehead atoms. The lowest BCUT2D eigenvalue weighted by atomic mass is 10.2. The summed E-state index contributed by atoms with van der Waals surface area (Å²) in [5, 5.41) is 3.48. The highest BCUT2D eigenvalue weighted by Gasteiger charge is 2.16. The van der Waals surface area contributed by atoms with Gasteiger partial charge >= 0.3 is 0 Å². The van der Waals surface area contributed by atoms with E-state index in [1.807, 2.05) is 24.3 Å². The second kappa shape index (κ2) is 9.35. The molecule has 1 unspecified atom stereocenters. The average molecular weight is 318 g/mol. The van der Waals surface area contributed by atoms with E-state index in [0.29, 0.717) is 13.2 Å². The number of benzene rings is 1. The molecule has 0 aliphatic rings. The van der Waals surface area contributed by atoms with Crippen molar-refractivity contribution >= 4 is 0 Å². The van der Waals surface area contributed by atoms with Crippen LogP contribution in [0.1, 0.15) is 17.4 Å². The van der Waals surface area contributed by atoms with Crippen LogP contribution >= 0.6 is 0 Å². The first kappa shape index (κ1) is 17.5. The van der Waals surface area contributed by atoms with Crippen molar-refractivity contribution in [2.75, 3.05) is 41.0 Å². The number of nitrogens with one attached hydrogen (secondary N) is 1. The Morgan fingerprint density at radius 2 is 2.04 bits per heavy atom. The normalized spacial score (nSPS) is 12.5. The zero-order chi connectivity index (χ0) is 16.5. The molecule has 126 valence electrons. The molecule has 0 amide bonds. The lowest BCUT2D eigenvalue weighted by Crippen LogP contribution is -2.30. The van der Waals surface area contributed by atoms with Crippen molar-refractivity contribution in [3.8, 4) is 5.75 Å². The number of likely N-dealkylation sites (N-methyl/N-ethyl adjacent to an activating group) is 1. The molecular weight excluding hydrogens is 292 g/mol. The zero-order valence-electron chi connectivity index (χ0n) is 14.1. The number of nitrogens with zero attached hydrogens (tertiary/aromatic N) is 1. The number of hydrogen-bond donors (Lipinski definition) is 1. The summed E-state index contributed by atoms with van der Waals surface area (Å²) in [5.41, 5.74) is 1.19. The van der Waals surface area contributed by atoms with Gasteiger partial charge in [-0.1, -0.05) is 12.1 Å². The molecule has 1 atom stereocenters. The number of rotatable bonds is 10. The van der Waals surface area contributed by atoms with Crippen LogP contribution < -0.4 is 10.1 Å². The van der Waals surface area contributed by atoms with E-state index in [0.717, 1.165) is 24.6 Å². The quantitative estimate of drug-likeness (QED) is 0.683. The van der Waals surface area contributed by atoms with Crippen LogP contribution in [0.25, 0.3) is 0 Å². The van der Waals surface area contributed by atoms with Gasteiger partial charge in [0.25, 0.3) is 0 Å². The number of hydrogen-bond acceptors (Lipinski definition) is 5. The minimum atomic E-state index is 0.214. The maximum Gasteiger partial charge on any atom is 0.122 e. The van der Waals surface area contributed by atoms with Crippen molar-refractivity contribution in [2.24, 2.45) is 0 Å². The van der Waals surface area contributed by atoms with Crippen LogP contribution in [-0.2, 0) is 11.3 Å². The Morgan fingerprint density at radius 1 is 1.17 bits per heavy atom. The van der Waals surface area contributed by atoms with Crippen molar-refractivity contribution in [3.63, 3.8) is 0 Å². The third-order valence-corrected chi connectivity index (χ3v) is 3.62. The molecule has 2 rings (SSSR count). The molecule has 5 heteroatoms. The molecule has 1 heterocycles. The van der Waals surface area contributed by atoms with Crippen molar-refractivity contribution in [1.82, 2.24) is 10.2 Å². The maximum absolute atomic E-state index is 5.64. The molecule has 5 nitrogen and oxygen atoms in total. The fourth-order valence-electron chi connectivity index (χ4n) is 2.36. The van der Waals surface area contributed by atoms with Crippen molar-refractivity contribution in [2.45, 2.75) is 12.6 Å². The fraction of sp³-hybridized carbons (Fsp3) is 0.444. The van der Waals surface area contributed by atoms with Gasteiger partial charge in [0.2, 0.25) is 0 Å². The molecule has 23 heavy (non-hydrogen) atoms. The average Bonchev–Trinajstić information content (AvgIpc) is 3.06. The lowest BCUT2D eigenvalue weighted by Gasteiger charge is -2.22. The largest absolute Gasteiger partial charge is 0.491 e. The zero-order valence-corrected chi connectivity index (χ0v) is 14.1. The van der Waals surface area contributed by atoms with Crippen molar-refractivity contribution < 1.29 is 13.9 Å². The molecular formula is C18H26N2O3. The molecule has 0 aliphatic carbocycles. The summed E-state index contributed by atoms with van der Waals surface area (Å²) in [4.78, 5) is 2.15. The Hall–Kier alpha value is -1.82. The Kier molecular flexibility index (Phi) is 7.13. The standard InChI is InChI=1S/C18H26N2O3/c1-20(2)17(18-8-5-9-23-18)14-19-13-15-6-4-7-16(12-15)22-11-10-21-3/h4-9,12,17,19H,10-11,13-14H2,1-3H3. The predicted octanol–water partition coefficient (Wildman–Crippen LogP) is 2.70. The summed E-state index contributed by atoms with van der Waals surface area (Å²) in [6, 6.07) is 12.3. The lowest BCUT2D eigenvalue weighted by molar-refractivity contribution is 0.146. The molecule has 0 saturated carbocycles. The van der Waals surface area contributed by atoms with Crippen molar-refractivity contribution in [1.29, 1.82) is 0 Å². The second-order valence-corrected chi connectivity index (χ2v) is 5.61. The van der Waals surface area contributed by atoms with Gasteiger partial charge in [-0.2, -0.15) is 0 Å². The fourth-order valence-corrected chi connectivity index (χ4v) is 2.36. The van der Waals surface area contributed by atoms with Crippen LogP contribution in [0.4, 0.5) is 0 Å². The van der Waals surface area contributed by atoms with E-state index < -0.39 is 0 Å². The maximum atomic E-state index is 5.64. The van der Waals surface area contributed by atoms with E-state index in [9.17, 15) is 0 Å². The number of furan rings is 1. The first-order chi connectivity index (χ1) is 11.2. The van der Waals surface area contributed by atoms with Crippen LogP contribution in [-0.4, -0.2) is 45.9 Å². The third-order valence-electron chi connectivity index (χ3n) is 3.62. The third kappa shape index (κ3) is 5.71. The van der Waals surface area contributed by atoms with Gasteiger partial charge in [0.05, 0.1) is 18.9 Å². The Balaban J connectivity index is 1.84. The van der Waals surface area contributed by atoms with E-state index in [4.69, 9.17) is 13.9 Å². The summed E-state index contributed by atoms with van der Waals surface area (Å²) in [5.74, 6) is 1.84. The van der Waals surface area contributed by atoms with Crippen LogP contribution in [0.15, 0.2) is 47.1 Å². The van der Waals surface area contributed by atoms with Gasteiger partial charge in [0, 0.05) is 20.2 Å². The second-order valence-electron chi connectivity index (χ2n) is 5.61. The van der Waals surface area contributed by atoms with Gasteiger partial charge < -0.3 is 19.2 Å². The van der Waals surface area contributed by atoms with Crippen LogP contribution in [0.5, 0.6) is 5.75 Å². The smallest absolute Gasteiger partial charge is 0.122 e. The molecule has 0 saturated heterocycles. The highest BCUT2D eigenvalue weighted by Crippen LogP contribution is 2.18. The molecule has 2 aromatic rings. The van der Waals surface area contributed by atoms with E-state index in [-0.39, 0.29) is 6.04 Å². The summed E-state index contributed by atoms with van der Waals surface area (Å²) < 4.78 is 16.1. The van der Waals surface area contributed by atoms with E-state index >= 15 is 0 Å². The van der Waals surface area contributed by atoms with E-state index in [1.165, 1.54) is 5.56 Å². The number of ether oxygens (including phenoxy) is 2. The van der Waals surface area contributed by atoms with Gasteiger partial charge in [-0.25, -0.2) is 0 Å². The monoisotopic (exact) mass is 318 g/mol. The molecule has 0 aliphatic heterocycles. The summed E-state index contributed by atoms with van der Waals surface area (Å²) >= 11 is 0. The Morgan fingerprint density at radius 3 is 2.74 bits per heavy atom. The molecule has 0 fully saturated rings. The Labute approximate surface area is 138 Å². The minimum absolute atomic E-state index is 0.214. The molecule has 1 N–H and O–H groups in total. The predicted molar refractivity (Wildman–Crippen MR) is 90.7 cm³/mol. The highest BCUT2D eigenvalue weighted by atomic mass is 16.5. The Bertz CT molecular complexity index is 555. The van der Waals surface area contributed by atoms with E-state index in [1.54, 1.807) is 13.4 Å². The first-order valence-electron chi connectivity index (χ1n) is 7.82.